The molecule has 1 aromatic heterocycles. The van der Waals surface area contributed by atoms with E-state index < -0.39 is 23.2 Å². The van der Waals surface area contributed by atoms with Gasteiger partial charge in [0.05, 0.1) is 0 Å². The number of aromatic nitrogens is 2. The average Bonchev–Trinajstić information content (AvgIpc) is 2.73. The summed E-state index contributed by atoms with van der Waals surface area (Å²) in [6.45, 7) is 7.05. The summed E-state index contributed by atoms with van der Waals surface area (Å²) in [5.41, 5.74) is -1.42. The molecule has 35 heavy (non-hydrogen) atoms. The van der Waals surface area contributed by atoms with E-state index in [0.717, 1.165) is 12.1 Å². The molecule has 6 nitrogen and oxygen atoms in total. The van der Waals surface area contributed by atoms with Gasteiger partial charge in [-0.2, -0.15) is 13.3 Å². The van der Waals surface area contributed by atoms with Crippen molar-refractivity contribution in [3.8, 4) is 5.88 Å². The second kappa shape index (κ2) is 14.2. The van der Waals surface area contributed by atoms with E-state index in [2.05, 4.69) is 38.5 Å². The van der Waals surface area contributed by atoms with Crippen LogP contribution in [0.25, 0.3) is 0 Å². The van der Waals surface area contributed by atoms with Crippen LogP contribution in [0.4, 0.5) is 13.2 Å². The van der Waals surface area contributed by atoms with E-state index in [4.69, 9.17) is 16.3 Å². The van der Waals surface area contributed by atoms with Crippen molar-refractivity contribution in [2.75, 3.05) is 13.6 Å². The first-order chi connectivity index (χ1) is 16.0. The topological polar surface area (TPSA) is 71.8 Å². The fourth-order valence-electron chi connectivity index (χ4n) is 3.26. The maximum absolute atomic E-state index is 14.2. The maximum Gasteiger partial charge on any atom is 2.00 e. The molecule has 0 radical (unpaired) electrons. The van der Waals surface area contributed by atoms with Gasteiger partial charge in [0.15, 0.2) is 0 Å². The Kier molecular flexibility index (Phi) is 12.8. The Labute approximate surface area is 233 Å². The predicted octanol–water partition coefficient (Wildman–Crippen LogP) is 5.22. The van der Waals surface area contributed by atoms with Gasteiger partial charge in [-0.3, -0.25) is 0 Å². The molecule has 0 amide bonds. The van der Waals surface area contributed by atoms with Gasteiger partial charge >= 0.3 is 31.1 Å². The van der Waals surface area contributed by atoms with Crippen LogP contribution in [-0.2, 0) is 5.41 Å². The number of rotatable bonds is 10. The molecular weight excluding hydrogens is 705 g/mol. The zero-order valence-corrected chi connectivity index (χ0v) is 25.3. The molecule has 1 N–H and O–H groups in total. The van der Waals surface area contributed by atoms with Gasteiger partial charge in [-0.15, -0.1) is 0 Å². The Hall–Kier alpha value is -1.60. The number of ether oxygens (including phenoxy) is 1. The molecule has 0 aliphatic carbocycles. The van der Waals surface area contributed by atoms with Gasteiger partial charge in [0.2, 0.25) is 5.88 Å². The molecule has 0 unspecified atom stereocenters. The summed E-state index contributed by atoms with van der Waals surface area (Å²) in [4.78, 5) is 16.3. The summed E-state index contributed by atoms with van der Waals surface area (Å²) in [5.74, 6) is -1.46. The largest absolute Gasteiger partial charge is 2.00 e. The van der Waals surface area contributed by atoms with E-state index in [0.29, 0.717) is 6.42 Å². The first kappa shape index (κ1) is 31.4. The summed E-state index contributed by atoms with van der Waals surface area (Å²) in [5, 5.41) is 2.87. The molecule has 0 saturated carbocycles. The normalized spacial score (nSPS) is 14.9. The summed E-state index contributed by atoms with van der Waals surface area (Å²) in [6.07, 6.45) is 1.63. The molecule has 2 aromatic rings. The molecule has 0 aliphatic rings. The van der Waals surface area contributed by atoms with E-state index in [9.17, 15) is 13.2 Å². The summed E-state index contributed by atoms with van der Waals surface area (Å²) >= 11 is 6.13. The molecule has 1 aromatic carbocycles. The van der Waals surface area contributed by atoms with Crippen molar-refractivity contribution < 1.29 is 49.0 Å². The number of amidine groups is 1. The Morgan fingerprint density at radius 2 is 1.89 bits per heavy atom. The van der Waals surface area contributed by atoms with Crippen LogP contribution in [0.1, 0.15) is 45.5 Å². The Balaban J connectivity index is 0.00000612. The van der Waals surface area contributed by atoms with Gasteiger partial charge in [-0.05, 0) is 43.9 Å². The van der Waals surface area contributed by atoms with E-state index in [1.54, 1.807) is 27.8 Å². The van der Waals surface area contributed by atoms with Crippen molar-refractivity contribution in [1.82, 2.24) is 15.3 Å². The second-order valence-corrected chi connectivity index (χ2v) is 8.86. The van der Waals surface area contributed by atoms with E-state index in [-0.39, 0.29) is 77.9 Å². The Bertz CT molecular complexity index is 1020. The minimum absolute atomic E-state index is 0. The quantitative estimate of drug-likeness (QED) is 0.157. The van der Waals surface area contributed by atoms with Crippen LogP contribution in [0.3, 0.4) is 0 Å². The first-order valence-electron chi connectivity index (χ1n) is 10.7. The van der Waals surface area contributed by atoms with Gasteiger partial charge in [0.25, 0.3) is 0 Å². The van der Waals surface area contributed by atoms with Gasteiger partial charge in [0.1, 0.15) is 34.9 Å². The molecule has 0 aliphatic heterocycles. The first-order valence-corrected chi connectivity index (χ1v) is 11.1. The van der Waals surface area contributed by atoms with Crippen LogP contribution in [0, 0.1) is 55.7 Å². The average molecular weight is 734 g/mol. The van der Waals surface area contributed by atoms with Crippen LogP contribution in [-0.4, -0.2) is 47.9 Å². The molecule has 0 bridgehead atoms. The Morgan fingerprint density at radius 3 is 2.46 bits per heavy atom. The van der Waals surface area contributed by atoms with Crippen molar-refractivity contribution >= 4 is 23.7 Å². The van der Waals surface area contributed by atoms with Gasteiger partial charge in [0, 0.05) is 24.0 Å². The number of alkyl halides is 1. The van der Waals surface area contributed by atoms with Gasteiger partial charge in [-0.25, -0.2) is 23.1 Å². The predicted molar refractivity (Wildman–Crippen MR) is 128 cm³/mol. The standard InChI is InChI=1S/C24H29ClF3N5O.U/c1-14(10-16(26)12-29-5)15(2)34-20-11-19(25)32-23(33-20)22(30-6)31-13-24(3,4)21-17(27)8-7-9-18(21)28;/h7-9,11,14-16,29H,6,10,12H2,1-5H3;/q-2;+2/t14-,15-,16+;/m0./s1. The van der Waals surface area contributed by atoms with Crippen LogP contribution in [0.15, 0.2) is 34.3 Å². The van der Waals surface area contributed by atoms with Crippen molar-refractivity contribution in [3.63, 3.8) is 0 Å². The van der Waals surface area contributed by atoms with Crippen LogP contribution in [0.5, 0.6) is 5.88 Å². The number of benzene rings is 1. The van der Waals surface area contributed by atoms with Gasteiger partial charge in [-0.1, -0.05) is 38.4 Å². The third-order valence-corrected chi connectivity index (χ3v) is 5.40. The molecule has 2 rings (SSSR count). The molecule has 0 fully saturated rings. The second-order valence-electron chi connectivity index (χ2n) is 8.47. The smallest absolute Gasteiger partial charge is 0.474 e. The van der Waals surface area contributed by atoms with E-state index >= 15 is 0 Å². The maximum atomic E-state index is 14.2. The number of hydrogen-bond acceptors (Lipinski definition) is 5. The van der Waals surface area contributed by atoms with Crippen LogP contribution >= 0.6 is 11.6 Å². The van der Waals surface area contributed by atoms with E-state index in [1.165, 1.54) is 12.1 Å². The summed E-state index contributed by atoms with van der Waals surface area (Å²) in [6, 6.07) is 5.02. The van der Waals surface area contributed by atoms with Crippen molar-refractivity contribution in [2.45, 2.75) is 51.8 Å². The zero-order valence-electron chi connectivity index (χ0n) is 20.4. The summed E-state index contributed by atoms with van der Waals surface area (Å²) in [7, 11) is 5.16. The van der Waals surface area contributed by atoms with Gasteiger partial charge < -0.3 is 20.0 Å². The number of hydrogen-bond donors (Lipinski definition) is 1. The zero-order chi connectivity index (χ0) is 25.5. The Morgan fingerprint density at radius 1 is 1.26 bits per heavy atom. The molecule has 11 heteroatoms. The molecule has 188 valence electrons. The number of halogens is 4. The van der Waals surface area contributed by atoms with Crippen LogP contribution in [0.2, 0.25) is 5.15 Å². The number of aliphatic imine (C=N–C) groups is 2. The molecule has 1 heterocycles. The van der Waals surface area contributed by atoms with Crippen LogP contribution < -0.4 is 10.1 Å². The monoisotopic (exact) mass is 733 g/mol. The SMILES string of the molecule is [CH2-]N=C(N=[C-]C(C)(C)c1c(F)cccc1F)c1nc(Cl)cc(O[C@@H](C)[C@@H](C)C[C@@H](F)CNC)n1.[U+2]. The third-order valence-electron chi connectivity index (χ3n) is 5.21. The molecule has 3 atom stereocenters. The van der Waals surface area contributed by atoms with Crippen molar-refractivity contribution in [2.24, 2.45) is 15.9 Å². The minimum atomic E-state index is -1.23. The van der Waals surface area contributed by atoms with Crippen molar-refractivity contribution in [1.29, 1.82) is 0 Å². The minimum Gasteiger partial charge on any atom is -0.474 e. The van der Waals surface area contributed by atoms with Crippen molar-refractivity contribution in [3.05, 3.63) is 59.5 Å². The molecular formula is C24H29ClF3N5OU. The number of nitrogens with one attached hydrogen (secondary N) is 1. The summed E-state index contributed by atoms with van der Waals surface area (Å²) < 4.78 is 48.3. The molecule has 0 spiro atoms. The number of nitrogens with zero attached hydrogens (tertiary/aromatic N) is 4. The fraction of sp³-hybridized carbons (Fsp3) is 0.458. The third kappa shape index (κ3) is 9.09. The molecule has 0 saturated heterocycles. The fourth-order valence-corrected chi connectivity index (χ4v) is 3.44. The van der Waals surface area contributed by atoms with E-state index in [1.807, 2.05) is 6.92 Å².